The molecule has 11 nitrogen and oxygen atoms in total. The van der Waals surface area contributed by atoms with Gasteiger partial charge in [-0.15, -0.1) is 0 Å². The van der Waals surface area contributed by atoms with Gasteiger partial charge in [0.2, 0.25) is 5.91 Å². The number of nitrogens with zero attached hydrogens (tertiary/aromatic N) is 3. The van der Waals surface area contributed by atoms with E-state index < -0.39 is 23.3 Å². The molecule has 5 rings (SSSR count). The van der Waals surface area contributed by atoms with E-state index in [2.05, 4.69) is 25.8 Å². The van der Waals surface area contributed by atoms with Gasteiger partial charge in [-0.1, -0.05) is 12.1 Å². The van der Waals surface area contributed by atoms with E-state index in [4.69, 9.17) is 4.74 Å². The van der Waals surface area contributed by atoms with Crippen molar-refractivity contribution in [2.24, 2.45) is 0 Å². The summed E-state index contributed by atoms with van der Waals surface area (Å²) in [7, 11) is 1.63. The van der Waals surface area contributed by atoms with E-state index in [0.717, 1.165) is 5.69 Å². The molecule has 12 heteroatoms. The molecule has 4 aromatic rings. The Morgan fingerprint density at radius 1 is 0.979 bits per heavy atom. The maximum absolute atomic E-state index is 14.1. The standard InChI is InChI=1S/C35H37FN6O5/c1-4-38-34(45)26-7-5-6-25(18-26)30-20-39-32(40-33(44)22(2)37-3)35(46)42(30)21-23-16-27(31(43)24-8-10-28(36)11-9-24)19-29(17-23)41-12-14-47-15-13-41/h5-11,16-20,22,37H,4,12-15,21H2,1-3H3,(H,38,45)(H,39,40,44)/t22-/m1/s1. The molecular formula is C35H37FN6O5. The maximum Gasteiger partial charge on any atom is 0.294 e. The van der Waals surface area contributed by atoms with E-state index in [1.165, 1.54) is 35.0 Å². The molecule has 0 aliphatic carbocycles. The number of ketones is 1. The summed E-state index contributed by atoms with van der Waals surface area (Å²) in [6.07, 6.45) is 1.48. The Hall–Kier alpha value is -5.20. The Labute approximate surface area is 271 Å². The molecule has 3 aromatic carbocycles. The van der Waals surface area contributed by atoms with Crippen LogP contribution in [0.25, 0.3) is 11.3 Å². The lowest BCUT2D eigenvalue weighted by Gasteiger charge is -2.29. The van der Waals surface area contributed by atoms with E-state index in [1.807, 2.05) is 13.0 Å². The number of anilines is 2. The molecule has 1 fully saturated rings. The quantitative estimate of drug-likeness (QED) is 0.212. The predicted molar refractivity (Wildman–Crippen MR) is 178 cm³/mol. The zero-order valence-corrected chi connectivity index (χ0v) is 26.5. The van der Waals surface area contributed by atoms with Crippen LogP contribution in [-0.2, 0) is 16.1 Å². The fraction of sp³-hybridized carbons (Fsp3) is 0.286. The summed E-state index contributed by atoms with van der Waals surface area (Å²) in [5, 5.41) is 8.24. The number of ether oxygens (including phenoxy) is 1. The number of amides is 2. The Kier molecular flexibility index (Phi) is 10.5. The normalized spacial score (nSPS) is 13.6. The van der Waals surface area contributed by atoms with Gasteiger partial charge in [0.15, 0.2) is 11.6 Å². The Bertz CT molecular complexity index is 1840. The summed E-state index contributed by atoms with van der Waals surface area (Å²) in [5.74, 6) is -1.60. The van der Waals surface area contributed by atoms with Crippen LogP contribution >= 0.6 is 0 Å². The lowest BCUT2D eigenvalue weighted by atomic mass is 9.99. The third kappa shape index (κ3) is 7.79. The van der Waals surface area contributed by atoms with Crippen LogP contribution in [-0.4, -0.2) is 73.1 Å². The van der Waals surface area contributed by atoms with Gasteiger partial charge in [-0.25, -0.2) is 9.37 Å². The van der Waals surface area contributed by atoms with Crippen molar-refractivity contribution in [2.75, 3.05) is 50.1 Å². The number of aromatic nitrogens is 2. The number of hydrogen-bond donors (Lipinski definition) is 3. The molecule has 47 heavy (non-hydrogen) atoms. The third-order valence-corrected chi connectivity index (χ3v) is 7.94. The van der Waals surface area contributed by atoms with Crippen LogP contribution in [0.4, 0.5) is 15.9 Å². The molecule has 2 heterocycles. The van der Waals surface area contributed by atoms with Crippen LogP contribution in [0.1, 0.15) is 45.7 Å². The van der Waals surface area contributed by atoms with Gasteiger partial charge in [-0.05, 0) is 81.1 Å². The van der Waals surface area contributed by atoms with Crippen molar-refractivity contribution in [2.45, 2.75) is 26.4 Å². The zero-order chi connectivity index (χ0) is 33.5. The first-order valence-electron chi connectivity index (χ1n) is 15.4. The highest BCUT2D eigenvalue weighted by Gasteiger charge is 2.21. The van der Waals surface area contributed by atoms with E-state index in [1.54, 1.807) is 50.4 Å². The number of morpholine rings is 1. The number of benzene rings is 3. The highest BCUT2D eigenvalue weighted by molar-refractivity contribution is 6.09. The molecule has 244 valence electrons. The van der Waals surface area contributed by atoms with Crippen LogP contribution in [0.2, 0.25) is 0 Å². The second kappa shape index (κ2) is 14.9. The summed E-state index contributed by atoms with van der Waals surface area (Å²) in [5.41, 5.74) is 2.91. The fourth-order valence-corrected chi connectivity index (χ4v) is 5.25. The largest absolute Gasteiger partial charge is 0.378 e. The van der Waals surface area contributed by atoms with E-state index >= 15 is 0 Å². The summed E-state index contributed by atoms with van der Waals surface area (Å²) >= 11 is 0. The number of rotatable bonds is 11. The first-order valence-corrected chi connectivity index (χ1v) is 15.4. The van der Waals surface area contributed by atoms with Crippen molar-refractivity contribution >= 4 is 29.1 Å². The molecule has 3 N–H and O–H groups in total. The third-order valence-electron chi connectivity index (χ3n) is 7.94. The van der Waals surface area contributed by atoms with E-state index in [0.29, 0.717) is 66.4 Å². The first kappa shape index (κ1) is 33.2. The Morgan fingerprint density at radius 2 is 1.72 bits per heavy atom. The topological polar surface area (TPSA) is 135 Å². The van der Waals surface area contributed by atoms with Crippen LogP contribution in [0.5, 0.6) is 0 Å². The van der Waals surface area contributed by atoms with Gasteiger partial charge in [0, 0.05) is 47.6 Å². The summed E-state index contributed by atoms with van der Waals surface area (Å²) < 4.78 is 20.6. The average Bonchev–Trinajstić information content (AvgIpc) is 3.10. The second-order valence-corrected chi connectivity index (χ2v) is 11.1. The van der Waals surface area contributed by atoms with Crippen LogP contribution in [0.15, 0.2) is 77.7 Å². The van der Waals surface area contributed by atoms with Crippen LogP contribution < -0.4 is 26.4 Å². The lowest BCUT2D eigenvalue weighted by molar-refractivity contribution is -0.117. The number of carbonyl (C=O) groups is 3. The van der Waals surface area contributed by atoms with Gasteiger partial charge in [0.05, 0.1) is 37.7 Å². The second-order valence-electron chi connectivity index (χ2n) is 11.1. The van der Waals surface area contributed by atoms with Gasteiger partial charge >= 0.3 is 0 Å². The van der Waals surface area contributed by atoms with Crippen molar-refractivity contribution in [1.82, 2.24) is 20.2 Å². The number of carbonyl (C=O) groups excluding carboxylic acids is 3. The molecule has 1 aromatic heterocycles. The van der Waals surface area contributed by atoms with Crippen molar-refractivity contribution in [3.05, 3.63) is 111 Å². The van der Waals surface area contributed by atoms with Gasteiger partial charge in [0.1, 0.15) is 5.82 Å². The molecule has 1 saturated heterocycles. The van der Waals surface area contributed by atoms with Crippen LogP contribution in [0, 0.1) is 5.82 Å². The van der Waals surface area contributed by atoms with Crippen molar-refractivity contribution < 1.29 is 23.5 Å². The minimum absolute atomic E-state index is 0.00833. The smallest absolute Gasteiger partial charge is 0.294 e. The highest BCUT2D eigenvalue weighted by atomic mass is 19.1. The van der Waals surface area contributed by atoms with Crippen molar-refractivity contribution in [1.29, 1.82) is 0 Å². The van der Waals surface area contributed by atoms with Gasteiger partial charge < -0.3 is 25.6 Å². The minimum atomic E-state index is -0.580. The molecule has 2 amide bonds. The summed E-state index contributed by atoms with van der Waals surface area (Å²) in [6.45, 7) is 6.21. The lowest BCUT2D eigenvalue weighted by Crippen LogP contribution is -2.38. The number of nitrogens with one attached hydrogen (secondary N) is 3. The van der Waals surface area contributed by atoms with Gasteiger partial charge in [-0.3, -0.25) is 23.7 Å². The zero-order valence-electron chi connectivity index (χ0n) is 26.5. The Balaban J connectivity index is 1.63. The SMILES string of the molecule is CCNC(=O)c1cccc(-c2cnc(NC(=O)[C@@H](C)NC)c(=O)n2Cc2cc(C(=O)c3ccc(F)cc3)cc(N3CCOCC3)c2)c1. The minimum Gasteiger partial charge on any atom is -0.378 e. The van der Waals surface area contributed by atoms with Gasteiger partial charge in [0.25, 0.3) is 11.5 Å². The van der Waals surface area contributed by atoms with Crippen molar-refractivity contribution in [3.8, 4) is 11.3 Å². The molecule has 0 spiro atoms. The number of hydrogen-bond acceptors (Lipinski definition) is 8. The number of likely N-dealkylation sites (N-methyl/N-ethyl adjacent to an activating group) is 1. The molecule has 1 atom stereocenters. The molecule has 0 bridgehead atoms. The predicted octanol–water partition coefficient (Wildman–Crippen LogP) is 3.46. The Morgan fingerprint density at radius 3 is 2.43 bits per heavy atom. The summed E-state index contributed by atoms with van der Waals surface area (Å²) in [4.78, 5) is 59.5. The van der Waals surface area contributed by atoms with E-state index in [-0.39, 0.29) is 24.1 Å². The molecule has 1 aliphatic rings. The molecule has 1 aliphatic heterocycles. The van der Waals surface area contributed by atoms with Crippen LogP contribution in [0.3, 0.4) is 0 Å². The van der Waals surface area contributed by atoms with E-state index in [9.17, 15) is 23.6 Å². The average molecular weight is 641 g/mol. The fourth-order valence-electron chi connectivity index (χ4n) is 5.25. The molecule has 0 saturated carbocycles. The number of halogens is 1. The molecular weight excluding hydrogens is 603 g/mol. The highest BCUT2D eigenvalue weighted by Crippen LogP contribution is 2.26. The monoisotopic (exact) mass is 640 g/mol. The molecule has 0 unspecified atom stereocenters. The van der Waals surface area contributed by atoms with Gasteiger partial charge in [-0.2, -0.15) is 0 Å². The van der Waals surface area contributed by atoms with Crippen molar-refractivity contribution in [3.63, 3.8) is 0 Å². The first-order chi connectivity index (χ1) is 22.7. The summed E-state index contributed by atoms with van der Waals surface area (Å²) in [6, 6.07) is 17.0. The maximum atomic E-state index is 14.1. The molecule has 0 radical (unpaired) electrons.